The van der Waals surface area contributed by atoms with Gasteiger partial charge in [0.25, 0.3) is 5.91 Å². The van der Waals surface area contributed by atoms with Gasteiger partial charge in [-0.25, -0.2) is 9.07 Å². The third kappa shape index (κ3) is 2.51. The zero-order chi connectivity index (χ0) is 15.7. The fraction of sp³-hybridized carbons (Fsp3) is 0.412. The second-order valence-electron chi connectivity index (χ2n) is 5.74. The molecule has 0 saturated carbocycles. The van der Waals surface area contributed by atoms with Gasteiger partial charge < -0.3 is 4.90 Å². The summed E-state index contributed by atoms with van der Waals surface area (Å²) < 4.78 is 15.4. The van der Waals surface area contributed by atoms with Crippen molar-refractivity contribution in [1.29, 1.82) is 0 Å². The Hall–Kier alpha value is -2.17. The van der Waals surface area contributed by atoms with Gasteiger partial charge in [-0.15, -0.1) is 0 Å². The van der Waals surface area contributed by atoms with Crippen molar-refractivity contribution in [2.75, 3.05) is 6.54 Å². The second-order valence-corrected chi connectivity index (χ2v) is 5.74. The topological polar surface area (TPSA) is 38.1 Å². The van der Waals surface area contributed by atoms with Crippen LogP contribution in [0.25, 0.3) is 5.69 Å². The molecule has 1 aliphatic rings. The summed E-state index contributed by atoms with van der Waals surface area (Å²) in [5.74, 6) is -0.400. The van der Waals surface area contributed by atoms with Crippen LogP contribution in [-0.2, 0) is 0 Å². The van der Waals surface area contributed by atoms with Gasteiger partial charge in [0.05, 0.1) is 0 Å². The van der Waals surface area contributed by atoms with Crippen molar-refractivity contribution < 1.29 is 9.18 Å². The van der Waals surface area contributed by atoms with Gasteiger partial charge in [0, 0.05) is 18.3 Å². The van der Waals surface area contributed by atoms with E-state index in [1.165, 1.54) is 10.7 Å². The molecule has 1 aliphatic heterocycles. The summed E-state index contributed by atoms with van der Waals surface area (Å²) in [6.07, 6.45) is 3.05. The number of nitrogens with zero attached hydrogens (tertiary/aromatic N) is 3. The van der Waals surface area contributed by atoms with Crippen molar-refractivity contribution in [1.82, 2.24) is 14.7 Å². The number of aryl methyl sites for hydroxylation is 1. The first-order chi connectivity index (χ1) is 10.6. The number of carbonyl (C=O) groups is 1. The van der Waals surface area contributed by atoms with E-state index in [4.69, 9.17) is 0 Å². The van der Waals surface area contributed by atoms with Gasteiger partial charge in [-0.3, -0.25) is 4.79 Å². The summed E-state index contributed by atoms with van der Waals surface area (Å²) in [6, 6.07) is 8.49. The first-order valence-corrected chi connectivity index (χ1v) is 7.74. The van der Waals surface area contributed by atoms with E-state index in [1.807, 2.05) is 11.8 Å². The number of para-hydroxylation sites is 1. The molecule has 1 amide bonds. The molecule has 5 heteroatoms. The molecule has 0 aliphatic carbocycles. The Balaban J connectivity index is 1.92. The van der Waals surface area contributed by atoms with E-state index in [1.54, 1.807) is 24.3 Å². The molecule has 1 aromatic heterocycles. The Morgan fingerprint density at radius 2 is 2.18 bits per heavy atom. The summed E-state index contributed by atoms with van der Waals surface area (Å²) in [6.45, 7) is 4.71. The zero-order valence-corrected chi connectivity index (χ0v) is 12.9. The molecule has 2 heterocycles. The third-order valence-corrected chi connectivity index (χ3v) is 4.30. The summed E-state index contributed by atoms with van der Waals surface area (Å²) >= 11 is 0. The van der Waals surface area contributed by atoms with Crippen molar-refractivity contribution >= 4 is 5.91 Å². The minimum absolute atomic E-state index is 0.0532. The lowest BCUT2D eigenvalue weighted by molar-refractivity contribution is 0.0727. The Labute approximate surface area is 129 Å². The number of likely N-dealkylation sites (tertiary alicyclic amines) is 1. The lowest BCUT2D eigenvalue weighted by Gasteiger charge is -2.22. The summed E-state index contributed by atoms with van der Waals surface area (Å²) in [5, 5.41) is 4.34. The van der Waals surface area contributed by atoms with Crippen LogP contribution in [0.4, 0.5) is 4.39 Å². The van der Waals surface area contributed by atoms with Gasteiger partial charge >= 0.3 is 0 Å². The maximum Gasteiger partial charge on any atom is 0.274 e. The maximum absolute atomic E-state index is 13.9. The number of rotatable bonds is 3. The molecule has 116 valence electrons. The van der Waals surface area contributed by atoms with E-state index in [0.717, 1.165) is 31.5 Å². The van der Waals surface area contributed by atoms with E-state index in [-0.39, 0.29) is 11.7 Å². The van der Waals surface area contributed by atoms with Gasteiger partial charge in [-0.05, 0) is 44.4 Å². The summed E-state index contributed by atoms with van der Waals surface area (Å²) in [5.41, 5.74) is 1.51. The predicted molar refractivity (Wildman–Crippen MR) is 82.6 cm³/mol. The predicted octanol–water partition coefficient (Wildman–Crippen LogP) is 3.33. The van der Waals surface area contributed by atoms with Crippen LogP contribution in [0.1, 0.15) is 42.4 Å². The minimum atomic E-state index is -0.347. The maximum atomic E-state index is 13.9. The largest absolute Gasteiger partial charge is 0.334 e. The van der Waals surface area contributed by atoms with Crippen LogP contribution in [0.5, 0.6) is 0 Å². The van der Waals surface area contributed by atoms with Crippen molar-refractivity contribution in [3.05, 3.63) is 47.5 Å². The third-order valence-electron chi connectivity index (χ3n) is 4.30. The number of carbonyl (C=O) groups excluding carboxylic acids is 1. The Bertz CT molecular complexity index is 695. The highest BCUT2D eigenvalue weighted by molar-refractivity contribution is 5.93. The molecule has 22 heavy (non-hydrogen) atoms. The highest BCUT2D eigenvalue weighted by atomic mass is 19.1. The Kier molecular flexibility index (Phi) is 3.96. The van der Waals surface area contributed by atoms with Crippen molar-refractivity contribution in [2.24, 2.45) is 0 Å². The molecule has 0 spiro atoms. The first-order valence-electron chi connectivity index (χ1n) is 7.74. The molecule has 1 aromatic carbocycles. The molecule has 1 saturated heterocycles. The number of benzene rings is 1. The van der Waals surface area contributed by atoms with Crippen LogP contribution in [0.15, 0.2) is 30.3 Å². The Morgan fingerprint density at radius 1 is 1.41 bits per heavy atom. The standard InChI is InChI=1S/C17H20FN3O/c1-3-13-7-6-10-20(13)17(22)15-11-12(2)21(19-15)16-9-5-4-8-14(16)18/h4-5,8-9,11,13H,3,6-7,10H2,1-2H3. The fourth-order valence-corrected chi connectivity index (χ4v) is 3.12. The highest BCUT2D eigenvalue weighted by Gasteiger charge is 2.29. The zero-order valence-electron chi connectivity index (χ0n) is 12.9. The smallest absolute Gasteiger partial charge is 0.274 e. The number of hydrogen-bond donors (Lipinski definition) is 0. The minimum Gasteiger partial charge on any atom is -0.334 e. The van der Waals surface area contributed by atoms with E-state index < -0.39 is 0 Å². The van der Waals surface area contributed by atoms with Gasteiger partial charge in [-0.1, -0.05) is 19.1 Å². The van der Waals surface area contributed by atoms with Crippen LogP contribution in [0.3, 0.4) is 0 Å². The average molecular weight is 301 g/mol. The van der Waals surface area contributed by atoms with E-state index in [9.17, 15) is 9.18 Å². The summed E-state index contributed by atoms with van der Waals surface area (Å²) in [7, 11) is 0. The van der Waals surface area contributed by atoms with Crippen LogP contribution in [0.2, 0.25) is 0 Å². The van der Waals surface area contributed by atoms with E-state index >= 15 is 0 Å². The fourth-order valence-electron chi connectivity index (χ4n) is 3.12. The molecule has 0 N–H and O–H groups in total. The van der Waals surface area contributed by atoms with Gasteiger partial charge in [0.15, 0.2) is 5.69 Å². The molecule has 4 nitrogen and oxygen atoms in total. The normalized spacial score (nSPS) is 18.0. The van der Waals surface area contributed by atoms with E-state index in [2.05, 4.69) is 12.0 Å². The van der Waals surface area contributed by atoms with Crippen molar-refractivity contribution in [3.63, 3.8) is 0 Å². The Morgan fingerprint density at radius 3 is 2.91 bits per heavy atom. The van der Waals surface area contributed by atoms with Crippen molar-refractivity contribution in [2.45, 2.75) is 39.2 Å². The number of amides is 1. The quantitative estimate of drug-likeness (QED) is 0.872. The SMILES string of the molecule is CCC1CCCN1C(=O)c1cc(C)n(-c2ccccc2F)n1. The van der Waals surface area contributed by atoms with Crippen molar-refractivity contribution in [3.8, 4) is 5.69 Å². The number of hydrogen-bond acceptors (Lipinski definition) is 2. The monoisotopic (exact) mass is 301 g/mol. The van der Waals surface area contributed by atoms with Crippen LogP contribution in [0, 0.1) is 12.7 Å². The number of halogens is 1. The first kappa shape index (κ1) is 14.8. The van der Waals surface area contributed by atoms with Crippen LogP contribution >= 0.6 is 0 Å². The molecule has 1 atom stereocenters. The van der Waals surface area contributed by atoms with Crippen LogP contribution < -0.4 is 0 Å². The molecule has 1 fully saturated rings. The lowest BCUT2D eigenvalue weighted by atomic mass is 10.1. The van der Waals surface area contributed by atoms with E-state index in [0.29, 0.717) is 17.4 Å². The lowest BCUT2D eigenvalue weighted by Crippen LogP contribution is -2.35. The second kappa shape index (κ2) is 5.91. The van der Waals surface area contributed by atoms with Gasteiger partial charge in [-0.2, -0.15) is 5.10 Å². The summed E-state index contributed by atoms with van der Waals surface area (Å²) in [4.78, 5) is 14.6. The van der Waals surface area contributed by atoms with Crippen LogP contribution in [-0.4, -0.2) is 33.2 Å². The molecule has 3 rings (SSSR count). The molecular weight excluding hydrogens is 281 g/mol. The molecule has 2 aromatic rings. The van der Waals surface area contributed by atoms with Gasteiger partial charge in [0.1, 0.15) is 11.5 Å². The molecule has 0 bridgehead atoms. The number of aromatic nitrogens is 2. The van der Waals surface area contributed by atoms with Gasteiger partial charge in [0.2, 0.25) is 0 Å². The molecule has 1 unspecified atom stereocenters. The molecule has 0 radical (unpaired) electrons. The highest BCUT2D eigenvalue weighted by Crippen LogP contribution is 2.23. The average Bonchev–Trinajstić information content (AvgIpc) is 3.13. The molecular formula is C17H20FN3O.